The van der Waals surface area contributed by atoms with Crippen molar-refractivity contribution in [1.82, 2.24) is 14.9 Å². The molecular weight excluding hydrogens is 572 g/mol. The van der Waals surface area contributed by atoms with Gasteiger partial charge in [-0.25, -0.2) is 9.97 Å². The number of para-hydroxylation sites is 1. The zero-order valence-corrected chi connectivity index (χ0v) is 24.3. The van der Waals surface area contributed by atoms with Crippen LogP contribution in [0.4, 0.5) is 10.8 Å². The number of carbonyl (C=O) groups excluding carboxylic acids is 3. The maximum absolute atomic E-state index is 13.6. The van der Waals surface area contributed by atoms with E-state index in [-0.39, 0.29) is 24.7 Å². The number of rotatable bonds is 9. The first-order valence-electron chi connectivity index (χ1n) is 12.7. The number of nitrogens with zero attached hydrogens (tertiary/aromatic N) is 3. The predicted octanol–water partition coefficient (Wildman–Crippen LogP) is 5.84. The molecule has 40 heavy (non-hydrogen) atoms. The third kappa shape index (κ3) is 5.96. The van der Waals surface area contributed by atoms with Gasteiger partial charge in [-0.1, -0.05) is 41.1 Å². The molecule has 1 saturated heterocycles. The Morgan fingerprint density at radius 1 is 1.18 bits per heavy atom. The lowest BCUT2D eigenvalue weighted by Gasteiger charge is -2.36. The smallest absolute Gasteiger partial charge is 0.305 e. The van der Waals surface area contributed by atoms with Crippen molar-refractivity contribution < 1.29 is 23.9 Å². The largest absolute Gasteiger partial charge is 0.469 e. The number of fused-ring (bicyclic) bond motifs is 1. The molecule has 208 valence electrons. The van der Waals surface area contributed by atoms with E-state index in [0.29, 0.717) is 41.5 Å². The number of ether oxygens (including phenoxy) is 2. The minimum Gasteiger partial charge on any atom is -0.469 e. The van der Waals surface area contributed by atoms with Gasteiger partial charge in [-0.15, -0.1) is 11.3 Å². The van der Waals surface area contributed by atoms with Crippen LogP contribution in [-0.4, -0.2) is 46.4 Å². The zero-order chi connectivity index (χ0) is 28.3. The summed E-state index contributed by atoms with van der Waals surface area (Å²) in [5, 5.41) is 4.97. The Labute approximate surface area is 244 Å². The number of hydrogen-bond donors (Lipinski definition) is 1. The number of anilines is 2. The lowest BCUT2D eigenvalue weighted by Crippen LogP contribution is -2.48. The molecular formula is C28H27ClN4O5S2. The summed E-state index contributed by atoms with van der Waals surface area (Å²) in [7, 11) is 1.35. The van der Waals surface area contributed by atoms with Crippen LogP contribution in [0.25, 0.3) is 10.2 Å². The second kappa shape index (κ2) is 11.9. The molecule has 1 N–H and O–H groups in total. The van der Waals surface area contributed by atoms with Crippen molar-refractivity contribution in [2.75, 3.05) is 19.0 Å². The Morgan fingerprint density at radius 2 is 2.00 bits per heavy atom. The van der Waals surface area contributed by atoms with Gasteiger partial charge in [-0.05, 0) is 42.7 Å². The van der Waals surface area contributed by atoms with E-state index in [9.17, 15) is 14.4 Å². The van der Waals surface area contributed by atoms with Crippen molar-refractivity contribution in [2.24, 2.45) is 0 Å². The van der Waals surface area contributed by atoms with Gasteiger partial charge < -0.3 is 14.8 Å². The second-order valence-electron chi connectivity index (χ2n) is 9.34. The highest BCUT2D eigenvalue weighted by Crippen LogP contribution is 2.43. The van der Waals surface area contributed by atoms with Gasteiger partial charge in [-0.3, -0.25) is 19.3 Å². The zero-order valence-electron chi connectivity index (χ0n) is 21.9. The summed E-state index contributed by atoms with van der Waals surface area (Å²) >= 11 is 9.45. The molecule has 0 unspecified atom stereocenters. The van der Waals surface area contributed by atoms with Crippen LogP contribution >= 0.6 is 34.3 Å². The molecule has 3 heterocycles. The van der Waals surface area contributed by atoms with E-state index in [2.05, 4.69) is 15.3 Å². The summed E-state index contributed by atoms with van der Waals surface area (Å²) < 4.78 is 11.6. The molecule has 12 heteroatoms. The number of hydrogen-bond acceptors (Lipinski definition) is 10. The topological polar surface area (TPSA) is 111 Å². The lowest BCUT2D eigenvalue weighted by atomic mass is 10.1. The maximum Gasteiger partial charge on any atom is 0.305 e. The van der Waals surface area contributed by atoms with E-state index < -0.39 is 11.7 Å². The minimum atomic E-state index is -1.28. The third-order valence-corrected chi connectivity index (χ3v) is 9.02. The highest BCUT2D eigenvalue weighted by atomic mass is 35.5. The first-order valence-corrected chi connectivity index (χ1v) is 14.7. The molecule has 4 aromatic rings. The molecule has 2 aromatic carbocycles. The molecule has 1 atom stereocenters. The van der Waals surface area contributed by atoms with Crippen LogP contribution in [0.1, 0.15) is 41.6 Å². The molecule has 9 nitrogen and oxygen atoms in total. The van der Waals surface area contributed by atoms with Gasteiger partial charge in [0, 0.05) is 31.0 Å². The van der Waals surface area contributed by atoms with Crippen LogP contribution in [0, 0.1) is 0 Å². The molecule has 1 aliphatic rings. The lowest BCUT2D eigenvalue weighted by molar-refractivity contribution is -0.184. The van der Waals surface area contributed by atoms with E-state index in [0.717, 1.165) is 25.8 Å². The summed E-state index contributed by atoms with van der Waals surface area (Å²) in [6.07, 6.45) is 3.49. The normalized spacial score (nSPS) is 16.7. The number of methoxy groups -OCH3 is 1. The predicted molar refractivity (Wildman–Crippen MR) is 155 cm³/mol. The van der Waals surface area contributed by atoms with Crippen molar-refractivity contribution in [3.63, 3.8) is 0 Å². The van der Waals surface area contributed by atoms with Crippen LogP contribution < -0.4 is 5.32 Å². The van der Waals surface area contributed by atoms with E-state index in [1.807, 2.05) is 36.4 Å². The first-order chi connectivity index (χ1) is 19.3. The number of likely N-dealkylation sites (tertiary alicyclic amines) is 1. The van der Waals surface area contributed by atoms with Crippen molar-refractivity contribution in [1.29, 1.82) is 0 Å². The van der Waals surface area contributed by atoms with Gasteiger partial charge in [-0.2, -0.15) is 0 Å². The molecule has 0 radical (unpaired) electrons. The average molecular weight is 599 g/mol. The highest BCUT2D eigenvalue weighted by Gasteiger charge is 2.50. The Morgan fingerprint density at radius 3 is 2.75 bits per heavy atom. The molecule has 0 saturated carbocycles. The molecule has 0 bridgehead atoms. The second-order valence-corrected chi connectivity index (χ2v) is 11.9. The Bertz CT molecular complexity index is 1540. The molecule has 2 aromatic heterocycles. The molecule has 0 spiro atoms. The maximum atomic E-state index is 13.6. The molecule has 1 amide bonds. The fraction of sp³-hybridized carbons (Fsp3) is 0.321. The molecule has 5 rings (SSSR count). The van der Waals surface area contributed by atoms with E-state index in [4.69, 9.17) is 21.1 Å². The van der Waals surface area contributed by atoms with Gasteiger partial charge in [0.1, 0.15) is 0 Å². The number of esters is 2. The standard InChI is InChI=1S/C28H27ClN4O5S2/c1-17(34)38-28(26-30-16-19(39-26)9-11-25(36)37-2)12-5-13-33(28)24(35)15-18-8-10-21(20(29)14-18)31-27-32-22-6-3-4-7-23(22)40-27/h3-4,6-8,10,14,16H,5,9,11-13,15H2,1-2H3,(H,31,32)/t28-/m0/s1. The van der Waals surface area contributed by atoms with Gasteiger partial charge in [0.05, 0.1) is 40.9 Å². The summed E-state index contributed by atoms with van der Waals surface area (Å²) in [6, 6.07) is 13.3. The van der Waals surface area contributed by atoms with Gasteiger partial charge >= 0.3 is 11.9 Å². The van der Waals surface area contributed by atoms with Crippen LogP contribution in [-0.2, 0) is 42.4 Å². The van der Waals surface area contributed by atoms with Crippen molar-refractivity contribution >= 4 is 73.2 Å². The number of benzene rings is 2. The van der Waals surface area contributed by atoms with Crippen molar-refractivity contribution in [3.8, 4) is 0 Å². The van der Waals surface area contributed by atoms with E-state index in [1.165, 1.54) is 36.7 Å². The quantitative estimate of drug-likeness (QED) is 0.239. The number of thiazole rings is 2. The summed E-state index contributed by atoms with van der Waals surface area (Å²) in [6.45, 7) is 1.75. The van der Waals surface area contributed by atoms with Crippen LogP contribution in [0.3, 0.4) is 0 Å². The highest BCUT2D eigenvalue weighted by molar-refractivity contribution is 7.22. The monoisotopic (exact) mass is 598 g/mol. The van der Waals surface area contributed by atoms with Crippen molar-refractivity contribution in [2.45, 2.75) is 44.8 Å². The Kier molecular flexibility index (Phi) is 8.34. The fourth-order valence-corrected chi connectivity index (χ4v) is 6.95. The summed E-state index contributed by atoms with van der Waals surface area (Å²) in [5.41, 5.74) is 1.04. The summed E-state index contributed by atoms with van der Waals surface area (Å²) in [4.78, 5) is 48.9. The molecule has 1 aliphatic heterocycles. The first kappa shape index (κ1) is 28.0. The van der Waals surface area contributed by atoms with E-state index in [1.54, 1.807) is 17.2 Å². The fourth-order valence-electron chi connectivity index (χ4n) is 4.74. The molecule has 0 aliphatic carbocycles. The number of halogens is 1. The van der Waals surface area contributed by atoms with Gasteiger partial charge in [0.2, 0.25) is 11.6 Å². The third-order valence-electron chi connectivity index (χ3n) is 6.56. The van der Waals surface area contributed by atoms with Crippen LogP contribution in [0.2, 0.25) is 5.02 Å². The number of carbonyl (C=O) groups is 3. The van der Waals surface area contributed by atoms with Crippen LogP contribution in [0.5, 0.6) is 0 Å². The Balaban J connectivity index is 1.32. The number of amides is 1. The number of nitrogens with one attached hydrogen (secondary N) is 1. The van der Waals surface area contributed by atoms with Crippen LogP contribution in [0.15, 0.2) is 48.7 Å². The summed E-state index contributed by atoms with van der Waals surface area (Å²) in [5.74, 6) is -1.02. The van der Waals surface area contributed by atoms with E-state index >= 15 is 0 Å². The minimum absolute atomic E-state index is 0.0741. The number of aryl methyl sites for hydroxylation is 1. The number of aromatic nitrogens is 2. The average Bonchev–Trinajstić information content (AvgIpc) is 3.67. The SMILES string of the molecule is COC(=O)CCc1cnc([C@@]2(OC(C)=O)CCCN2C(=O)Cc2ccc(Nc3nc4ccccc4s3)c(Cl)c2)s1. The van der Waals surface area contributed by atoms with Gasteiger partial charge in [0.25, 0.3) is 0 Å². The van der Waals surface area contributed by atoms with Gasteiger partial charge in [0.15, 0.2) is 10.1 Å². The van der Waals surface area contributed by atoms with Crippen molar-refractivity contribution in [3.05, 3.63) is 69.1 Å². The Hall–Kier alpha value is -3.54. The molecule has 1 fully saturated rings.